The number of aliphatic carboxylic acids is 1. The Morgan fingerprint density at radius 2 is 2.00 bits per heavy atom. The predicted molar refractivity (Wildman–Crippen MR) is 74.1 cm³/mol. The van der Waals surface area contributed by atoms with Crippen molar-refractivity contribution >= 4 is 23.6 Å². The molecule has 0 heterocycles. The molecule has 1 aliphatic rings. The van der Waals surface area contributed by atoms with Crippen molar-refractivity contribution in [3.63, 3.8) is 0 Å². The zero-order chi connectivity index (χ0) is 13.7. The van der Waals surface area contributed by atoms with Crippen LogP contribution in [0.4, 0.5) is 0 Å². The Morgan fingerprint density at radius 3 is 2.68 bits per heavy atom. The average Bonchev–Trinajstić information content (AvgIpc) is 2.86. The van der Waals surface area contributed by atoms with Crippen molar-refractivity contribution < 1.29 is 14.7 Å². The molecule has 0 unspecified atom stereocenters. The van der Waals surface area contributed by atoms with Crippen molar-refractivity contribution in [2.75, 3.05) is 5.75 Å². The minimum absolute atomic E-state index is 0.0907. The van der Waals surface area contributed by atoms with Crippen LogP contribution in [0, 0.1) is 5.92 Å². The maximum atomic E-state index is 11.8. The van der Waals surface area contributed by atoms with Crippen LogP contribution in [0.3, 0.4) is 0 Å². The van der Waals surface area contributed by atoms with Crippen molar-refractivity contribution in [3.05, 3.63) is 30.3 Å². The highest BCUT2D eigenvalue weighted by Crippen LogP contribution is 2.26. The van der Waals surface area contributed by atoms with Gasteiger partial charge in [0.15, 0.2) is 0 Å². The molecule has 1 aliphatic carbocycles. The highest BCUT2D eigenvalue weighted by Gasteiger charge is 2.33. The Labute approximate surface area is 116 Å². The molecule has 1 fully saturated rings. The summed E-state index contributed by atoms with van der Waals surface area (Å²) in [5, 5.41) is 11.9. The molecule has 5 heteroatoms. The van der Waals surface area contributed by atoms with Gasteiger partial charge in [0.1, 0.15) is 0 Å². The van der Waals surface area contributed by atoms with Crippen LogP contribution in [-0.2, 0) is 9.59 Å². The van der Waals surface area contributed by atoms with Gasteiger partial charge in [0.2, 0.25) is 5.91 Å². The minimum atomic E-state index is -0.807. The van der Waals surface area contributed by atoms with E-state index >= 15 is 0 Å². The van der Waals surface area contributed by atoms with Crippen molar-refractivity contribution in [3.8, 4) is 0 Å². The predicted octanol–water partition coefficient (Wildman–Crippen LogP) is 2.15. The Morgan fingerprint density at radius 1 is 1.26 bits per heavy atom. The topological polar surface area (TPSA) is 66.4 Å². The monoisotopic (exact) mass is 279 g/mol. The van der Waals surface area contributed by atoms with Gasteiger partial charge in [-0.25, -0.2) is 0 Å². The molecule has 102 valence electrons. The summed E-state index contributed by atoms with van der Waals surface area (Å²) in [6, 6.07) is 9.48. The first-order chi connectivity index (χ1) is 9.16. The molecule has 0 bridgehead atoms. The molecule has 1 aromatic carbocycles. The van der Waals surface area contributed by atoms with Gasteiger partial charge in [0.05, 0.1) is 11.7 Å². The van der Waals surface area contributed by atoms with Crippen LogP contribution in [0.5, 0.6) is 0 Å². The molecule has 0 saturated heterocycles. The van der Waals surface area contributed by atoms with Crippen LogP contribution in [0.15, 0.2) is 35.2 Å². The maximum absolute atomic E-state index is 11.8. The Balaban J connectivity index is 1.80. The number of amides is 1. The van der Waals surface area contributed by atoms with E-state index in [4.69, 9.17) is 5.11 Å². The lowest BCUT2D eigenvalue weighted by Gasteiger charge is -2.17. The summed E-state index contributed by atoms with van der Waals surface area (Å²) in [5.74, 6) is -0.997. The fourth-order valence-corrected chi connectivity index (χ4v) is 3.07. The lowest BCUT2D eigenvalue weighted by molar-refractivity contribution is -0.142. The number of rotatable bonds is 5. The molecule has 1 aromatic rings. The van der Waals surface area contributed by atoms with E-state index in [0.29, 0.717) is 12.2 Å². The van der Waals surface area contributed by atoms with E-state index in [9.17, 15) is 9.59 Å². The van der Waals surface area contributed by atoms with Gasteiger partial charge in [-0.3, -0.25) is 9.59 Å². The summed E-state index contributed by atoms with van der Waals surface area (Å²) in [6.07, 6.45) is 2.29. The summed E-state index contributed by atoms with van der Waals surface area (Å²) < 4.78 is 0. The van der Waals surface area contributed by atoms with Crippen molar-refractivity contribution in [2.24, 2.45) is 5.92 Å². The lowest BCUT2D eigenvalue weighted by atomic mass is 10.0. The highest BCUT2D eigenvalue weighted by atomic mass is 32.2. The molecule has 2 rings (SSSR count). The molecule has 0 aliphatic heterocycles. The van der Waals surface area contributed by atoms with Crippen molar-refractivity contribution in [1.82, 2.24) is 5.32 Å². The Bertz CT molecular complexity index is 449. The summed E-state index contributed by atoms with van der Waals surface area (Å²) in [6.45, 7) is 0. The number of nitrogens with one attached hydrogen (secondary N) is 1. The normalized spacial score (nSPS) is 22.1. The molecule has 19 heavy (non-hydrogen) atoms. The number of benzene rings is 1. The number of hydrogen-bond donors (Lipinski definition) is 2. The van der Waals surface area contributed by atoms with E-state index in [1.165, 1.54) is 11.8 Å². The number of carbonyl (C=O) groups excluding carboxylic acids is 1. The van der Waals surface area contributed by atoms with E-state index in [1.807, 2.05) is 30.3 Å². The van der Waals surface area contributed by atoms with E-state index < -0.39 is 11.9 Å². The molecule has 0 radical (unpaired) electrons. The summed E-state index contributed by atoms with van der Waals surface area (Å²) in [5.41, 5.74) is 0. The number of thioether (sulfide) groups is 1. The molecule has 4 nitrogen and oxygen atoms in total. The van der Waals surface area contributed by atoms with Crippen molar-refractivity contribution in [2.45, 2.75) is 30.2 Å². The third-order valence-corrected chi connectivity index (χ3v) is 4.30. The standard InChI is InChI=1S/C14H17NO3S/c16-13(9-19-10-5-2-1-3-6-10)15-12-8-4-7-11(12)14(17)18/h1-3,5-6,11-12H,4,7-9H2,(H,15,16)(H,17,18)/t11-,12+/m1/s1. The molecule has 0 spiro atoms. The van der Waals surface area contributed by atoms with Gasteiger partial charge in [0.25, 0.3) is 0 Å². The Hall–Kier alpha value is -1.49. The molecule has 0 aromatic heterocycles. The smallest absolute Gasteiger partial charge is 0.308 e. The van der Waals surface area contributed by atoms with Crippen LogP contribution >= 0.6 is 11.8 Å². The molecule has 2 atom stereocenters. The van der Waals surface area contributed by atoms with Crippen molar-refractivity contribution in [1.29, 1.82) is 0 Å². The lowest BCUT2D eigenvalue weighted by Crippen LogP contribution is -2.40. The van der Waals surface area contributed by atoms with Crippen LogP contribution in [0.25, 0.3) is 0 Å². The fourth-order valence-electron chi connectivity index (χ4n) is 2.34. The number of carbonyl (C=O) groups is 2. The molecule has 1 saturated carbocycles. The minimum Gasteiger partial charge on any atom is -0.481 e. The van der Waals surface area contributed by atoms with Gasteiger partial charge in [-0.2, -0.15) is 0 Å². The first-order valence-electron chi connectivity index (χ1n) is 6.37. The van der Waals surface area contributed by atoms with Gasteiger partial charge in [-0.1, -0.05) is 24.6 Å². The van der Waals surface area contributed by atoms with Crippen LogP contribution < -0.4 is 5.32 Å². The second-order valence-electron chi connectivity index (χ2n) is 4.65. The average molecular weight is 279 g/mol. The largest absolute Gasteiger partial charge is 0.481 e. The summed E-state index contributed by atoms with van der Waals surface area (Å²) in [4.78, 5) is 23.9. The quantitative estimate of drug-likeness (QED) is 0.810. The molecular formula is C14H17NO3S. The SMILES string of the molecule is O=C(CSc1ccccc1)N[C@H]1CCC[C@H]1C(=O)O. The summed E-state index contributed by atoms with van der Waals surface area (Å²) in [7, 11) is 0. The number of carboxylic acid groups (broad SMARTS) is 1. The van der Waals surface area contributed by atoms with E-state index in [2.05, 4.69) is 5.32 Å². The third-order valence-electron chi connectivity index (χ3n) is 3.29. The zero-order valence-electron chi connectivity index (χ0n) is 10.5. The summed E-state index contributed by atoms with van der Waals surface area (Å²) >= 11 is 1.46. The van der Waals surface area contributed by atoms with Gasteiger partial charge >= 0.3 is 5.97 Å². The van der Waals surface area contributed by atoms with Crippen LogP contribution in [0.1, 0.15) is 19.3 Å². The van der Waals surface area contributed by atoms with Gasteiger partial charge in [-0.05, 0) is 25.0 Å². The first-order valence-corrected chi connectivity index (χ1v) is 7.35. The number of carboxylic acids is 1. The zero-order valence-corrected chi connectivity index (χ0v) is 11.4. The molecular weight excluding hydrogens is 262 g/mol. The highest BCUT2D eigenvalue weighted by molar-refractivity contribution is 8.00. The first kappa shape index (κ1) is 13.9. The van der Waals surface area contributed by atoms with E-state index in [1.54, 1.807) is 0 Å². The van der Waals surface area contributed by atoms with Gasteiger partial charge in [0, 0.05) is 10.9 Å². The second kappa shape index (κ2) is 6.61. The molecule has 2 N–H and O–H groups in total. The Kier molecular flexibility index (Phi) is 4.85. The second-order valence-corrected chi connectivity index (χ2v) is 5.70. The maximum Gasteiger partial charge on any atom is 0.308 e. The van der Waals surface area contributed by atoms with Crippen LogP contribution in [-0.4, -0.2) is 28.8 Å². The number of hydrogen-bond acceptors (Lipinski definition) is 3. The van der Waals surface area contributed by atoms with E-state index in [-0.39, 0.29) is 11.9 Å². The third kappa shape index (κ3) is 3.99. The van der Waals surface area contributed by atoms with E-state index in [0.717, 1.165) is 17.7 Å². The molecule has 1 amide bonds. The van der Waals surface area contributed by atoms with Crippen LogP contribution in [0.2, 0.25) is 0 Å². The fraction of sp³-hybridized carbons (Fsp3) is 0.429. The van der Waals surface area contributed by atoms with Gasteiger partial charge in [-0.15, -0.1) is 11.8 Å². The van der Waals surface area contributed by atoms with Gasteiger partial charge < -0.3 is 10.4 Å².